The van der Waals surface area contributed by atoms with E-state index in [0.29, 0.717) is 0 Å². The summed E-state index contributed by atoms with van der Waals surface area (Å²) in [5, 5.41) is 3.76. The highest BCUT2D eigenvalue weighted by molar-refractivity contribution is 6.31. The molecule has 0 spiro atoms. The topological polar surface area (TPSA) is 41.6 Å². The van der Waals surface area contributed by atoms with Crippen molar-refractivity contribution in [1.29, 1.82) is 0 Å². The van der Waals surface area contributed by atoms with E-state index in [1.807, 2.05) is 24.3 Å². The number of benzene rings is 1. The lowest BCUT2D eigenvalue weighted by molar-refractivity contribution is -0.134. The Kier molecular flexibility index (Phi) is 3.24. The van der Waals surface area contributed by atoms with Crippen molar-refractivity contribution in [2.75, 3.05) is 19.7 Å². The third-order valence-corrected chi connectivity index (χ3v) is 3.84. The number of amides is 1. The number of rotatable bonds is 2. The molecular formula is C13H15ClN2O2. The summed E-state index contributed by atoms with van der Waals surface area (Å²) >= 11 is 6.15. The van der Waals surface area contributed by atoms with E-state index in [9.17, 15) is 4.79 Å². The summed E-state index contributed by atoms with van der Waals surface area (Å²) in [6.07, 6.45) is 0.116. The SMILES string of the molecule is O=C1CO[C@@H]2CN(Cc3ccccc3Cl)C[C@H]2N1. The number of hydrogen-bond donors (Lipinski definition) is 1. The summed E-state index contributed by atoms with van der Waals surface area (Å²) < 4.78 is 5.53. The van der Waals surface area contributed by atoms with E-state index < -0.39 is 0 Å². The molecule has 2 aliphatic rings. The number of carbonyl (C=O) groups is 1. The highest BCUT2D eigenvalue weighted by atomic mass is 35.5. The van der Waals surface area contributed by atoms with E-state index in [-0.39, 0.29) is 24.7 Å². The molecule has 2 saturated heterocycles. The predicted molar refractivity (Wildman–Crippen MR) is 68.4 cm³/mol. The molecule has 0 radical (unpaired) electrons. The van der Waals surface area contributed by atoms with Crippen molar-refractivity contribution in [3.05, 3.63) is 34.9 Å². The second kappa shape index (κ2) is 4.88. The molecule has 2 aliphatic heterocycles. The van der Waals surface area contributed by atoms with Crippen molar-refractivity contribution in [3.63, 3.8) is 0 Å². The van der Waals surface area contributed by atoms with Crippen molar-refractivity contribution in [2.24, 2.45) is 0 Å². The van der Waals surface area contributed by atoms with Gasteiger partial charge >= 0.3 is 0 Å². The molecular weight excluding hydrogens is 252 g/mol. The van der Waals surface area contributed by atoms with Crippen LogP contribution < -0.4 is 5.32 Å². The second-order valence-electron chi connectivity index (χ2n) is 4.81. The zero-order chi connectivity index (χ0) is 12.5. The zero-order valence-corrected chi connectivity index (χ0v) is 10.7. The van der Waals surface area contributed by atoms with Crippen LogP contribution in [0.15, 0.2) is 24.3 Å². The van der Waals surface area contributed by atoms with Gasteiger partial charge in [0.2, 0.25) is 5.91 Å². The molecule has 2 atom stereocenters. The maximum absolute atomic E-state index is 11.2. The molecule has 2 fully saturated rings. The first-order valence-electron chi connectivity index (χ1n) is 6.09. The van der Waals surface area contributed by atoms with Gasteiger partial charge in [0, 0.05) is 24.7 Å². The minimum atomic E-state index is -0.0177. The number of likely N-dealkylation sites (tertiary alicyclic amines) is 1. The minimum Gasteiger partial charge on any atom is -0.365 e. The number of ether oxygens (including phenoxy) is 1. The van der Waals surface area contributed by atoms with Crippen LogP contribution in [0.25, 0.3) is 0 Å². The highest BCUT2D eigenvalue weighted by Crippen LogP contribution is 2.22. The van der Waals surface area contributed by atoms with Crippen molar-refractivity contribution < 1.29 is 9.53 Å². The fourth-order valence-electron chi connectivity index (χ4n) is 2.59. The number of morpholine rings is 1. The molecule has 0 aliphatic carbocycles. The number of fused-ring (bicyclic) bond motifs is 1. The predicted octanol–water partition coefficient (Wildman–Crippen LogP) is 1.04. The number of carbonyl (C=O) groups excluding carboxylic acids is 1. The minimum absolute atomic E-state index is 0.0177. The van der Waals surface area contributed by atoms with Gasteiger partial charge in [-0.15, -0.1) is 0 Å². The van der Waals surface area contributed by atoms with E-state index in [0.717, 1.165) is 30.2 Å². The van der Waals surface area contributed by atoms with Crippen molar-refractivity contribution in [3.8, 4) is 0 Å². The van der Waals surface area contributed by atoms with Gasteiger partial charge in [0.05, 0.1) is 12.1 Å². The molecule has 18 heavy (non-hydrogen) atoms. The molecule has 1 N–H and O–H groups in total. The van der Waals surface area contributed by atoms with E-state index in [1.165, 1.54) is 0 Å². The number of nitrogens with one attached hydrogen (secondary N) is 1. The van der Waals surface area contributed by atoms with Gasteiger partial charge in [0.15, 0.2) is 0 Å². The molecule has 0 unspecified atom stereocenters. The Hall–Kier alpha value is -1.10. The lowest BCUT2D eigenvalue weighted by Gasteiger charge is -2.25. The molecule has 1 amide bonds. The van der Waals surface area contributed by atoms with E-state index in [4.69, 9.17) is 16.3 Å². The van der Waals surface area contributed by atoms with Crippen molar-refractivity contribution in [2.45, 2.75) is 18.7 Å². The summed E-state index contributed by atoms with van der Waals surface area (Å²) in [7, 11) is 0. The molecule has 0 saturated carbocycles. The standard InChI is InChI=1S/C13H15ClN2O2/c14-10-4-2-1-3-9(10)5-16-6-11-12(7-16)18-8-13(17)15-11/h1-4,11-12H,5-8H2,(H,15,17)/t11-,12-/m1/s1. The average molecular weight is 267 g/mol. The van der Waals surface area contributed by atoms with Gasteiger partial charge in [0.25, 0.3) is 0 Å². The Balaban J connectivity index is 1.66. The highest BCUT2D eigenvalue weighted by Gasteiger charge is 2.37. The zero-order valence-electron chi connectivity index (χ0n) is 9.93. The van der Waals surface area contributed by atoms with Crippen LogP contribution in [-0.4, -0.2) is 42.6 Å². The van der Waals surface area contributed by atoms with Gasteiger partial charge in [-0.05, 0) is 11.6 Å². The van der Waals surface area contributed by atoms with E-state index >= 15 is 0 Å². The van der Waals surface area contributed by atoms with E-state index in [2.05, 4.69) is 10.2 Å². The van der Waals surface area contributed by atoms with Gasteiger partial charge in [-0.1, -0.05) is 29.8 Å². The van der Waals surface area contributed by atoms with Crippen LogP contribution in [0, 0.1) is 0 Å². The third-order valence-electron chi connectivity index (χ3n) is 3.47. The maximum Gasteiger partial charge on any atom is 0.246 e. The van der Waals surface area contributed by atoms with Crippen LogP contribution in [0.2, 0.25) is 5.02 Å². The van der Waals surface area contributed by atoms with Gasteiger partial charge < -0.3 is 10.1 Å². The summed E-state index contributed by atoms with van der Waals surface area (Å²) in [6.45, 7) is 2.64. The van der Waals surface area contributed by atoms with Crippen molar-refractivity contribution >= 4 is 17.5 Å². The molecule has 1 aromatic rings. The third kappa shape index (κ3) is 2.36. The Morgan fingerprint density at radius 3 is 3.06 bits per heavy atom. The lowest BCUT2D eigenvalue weighted by Crippen LogP contribution is -2.50. The van der Waals surface area contributed by atoms with Crippen LogP contribution in [0.1, 0.15) is 5.56 Å². The monoisotopic (exact) mass is 266 g/mol. The molecule has 0 bridgehead atoms. The summed E-state index contributed by atoms with van der Waals surface area (Å²) in [5.74, 6) is -0.0177. The number of nitrogens with zero attached hydrogens (tertiary/aromatic N) is 1. The Labute approximate surface area is 111 Å². The quantitative estimate of drug-likeness (QED) is 0.870. The fraction of sp³-hybridized carbons (Fsp3) is 0.462. The Morgan fingerprint density at radius 1 is 1.39 bits per heavy atom. The van der Waals surface area contributed by atoms with Gasteiger partial charge in [-0.3, -0.25) is 9.69 Å². The molecule has 1 aromatic carbocycles. The Bertz CT molecular complexity index is 466. The normalized spacial score (nSPS) is 27.9. The van der Waals surface area contributed by atoms with Crippen LogP contribution in [-0.2, 0) is 16.1 Å². The largest absolute Gasteiger partial charge is 0.365 e. The van der Waals surface area contributed by atoms with Crippen LogP contribution in [0.4, 0.5) is 0 Å². The molecule has 3 rings (SSSR count). The van der Waals surface area contributed by atoms with Gasteiger partial charge in [-0.2, -0.15) is 0 Å². The second-order valence-corrected chi connectivity index (χ2v) is 5.22. The first-order valence-corrected chi connectivity index (χ1v) is 6.47. The summed E-state index contributed by atoms with van der Waals surface area (Å²) in [6, 6.07) is 7.97. The molecule has 2 heterocycles. The summed E-state index contributed by atoms with van der Waals surface area (Å²) in [5.41, 5.74) is 1.11. The Morgan fingerprint density at radius 2 is 2.22 bits per heavy atom. The molecule has 96 valence electrons. The fourth-order valence-corrected chi connectivity index (χ4v) is 2.78. The first-order chi connectivity index (χ1) is 8.72. The maximum atomic E-state index is 11.2. The molecule has 4 nitrogen and oxygen atoms in total. The van der Waals surface area contributed by atoms with Crippen LogP contribution >= 0.6 is 11.6 Å². The molecule has 0 aromatic heterocycles. The lowest BCUT2D eigenvalue weighted by atomic mass is 10.2. The van der Waals surface area contributed by atoms with Crippen molar-refractivity contribution in [1.82, 2.24) is 10.2 Å². The number of halogens is 1. The average Bonchev–Trinajstić information content (AvgIpc) is 2.73. The smallest absolute Gasteiger partial charge is 0.246 e. The van der Waals surface area contributed by atoms with Gasteiger partial charge in [0.1, 0.15) is 6.61 Å². The van der Waals surface area contributed by atoms with Crippen LogP contribution in [0.5, 0.6) is 0 Å². The number of hydrogen-bond acceptors (Lipinski definition) is 3. The summed E-state index contributed by atoms with van der Waals surface area (Å²) in [4.78, 5) is 13.5. The van der Waals surface area contributed by atoms with E-state index in [1.54, 1.807) is 0 Å². The first kappa shape index (κ1) is 12.0. The molecule has 5 heteroatoms. The van der Waals surface area contributed by atoms with Crippen LogP contribution in [0.3, 0.4) is 0 Å². The van der Waals surface area contributed by atoms with Gasteiger partial charge in [-0.25, -0.2) is 0 Å².